The highest BCUT2D eigenvalue weighted by molar-refractivity contribution is 5.94. The number of carboxylic acid groups (broad SMARTS) is 1. The Kier molecular flexibility index (Phi) is 5.37. The Morgan fingerprint density at radius 3 is 2.48 bits per heavy atom. The van der Waals surface area contributed by atoms with Gasteiger partial charge in [0, 0.05) is 11.6 Å². The normalized spacial score (nSPS) is 15.5. The second-order valence-corrected chi connectivity index (χ2v) is 5.82. The number of aryl methyl sites for hydroxylation is 1. The Morgan fingerprint density at radius 2 is 1.95 bits per heavy atom. The van der Waals surface area contributed by atoms with E-state index in [9.17, 15) is 9.59 Å². The molecule has 1 amide bonds. The molecule has 1 aromatic rings. The van der Waals surface area contributed by atoms with Crippen molar-refractivity contribution in [2.24, 2.45) is 5.92 Å². The number of unbranched alkanes of at least 4 members (excludes halogenated alkanes) is 1. The van der Waals surface area contributed by atoms with Crippen molar-refractivity contribution in [2.75, 3.05) is 0 Å². The zero-order valence-electron chi connectivity index (χ0n) is 12.5. The molecule has 0 spiro atoms. The van der Waals surface area contributed by atoms with Gasteiger partial charge in [0.05, 0.1) is 6.42 Å². The number of amides is 1. The fraction of sp³-hybridized carbons (Fsp3) is 0.529. The zero-order chi connectivity index (χ0) is 15.2. The molecule has 0 bridgehead atoms. The minimum atomic E-state index is -0.859. The van der Waals surface area contributed by atoms with E-state index in [0.717, 1.165) is 32.1 Å². The third kappa shape index (κ3) is 4.88. The maximum atomic E-state index is 12.2. The second kappa shape index (κ2) is 7.25. The summed E-state index contributed by atoms with van der Waals surface area (Å²) in [6.07, 6.45) is 5.35. The van der Waals surface area contributed by atoms with Crippen molar-refractivity contribution in [3.05, 3.63) is 35.4 Å². The van der Waals surface area contributed by atoms with Gasteiger partial charge < -0.3 is 10.4 Å². The van der Waals surface area contributed by atoms with E-state index < -0.39 is 5.97 Å². The van der Waals surface area contributed by atoms with E-state index in [1.807, 2.05) is 24.3 Å². The van der Waals surface area contributed by atoms with Gasteiger partial charge in [0.2, 0.25) is 0 Å². The van der Waals surface area contributed by atoms with Crippen LogP contribution in [0.2, 0.25) is 0 Å². The number of aliphatic carboxylic acids is 1. The average molecular weight is 289 g/mol. The van der Waals surface area contributed by atoms with Crippen molar-refractivity contribution in [3.8, 4) is 0 Å². The minimum Gasteiger partial charge on any atom is -0.481 e. The van der Waals surface area contributed by atoms with Crippen LogP contribution in [0.4, 0.5) is 0 Å². The van der Waals surface area contributed by atoms with Crippen molar-refractivity contribution in [3.63, 3.8) is 0 Å². The summed E-state index contributed by atoms with van der Waals surface area (Å²) in [6, 6.07) is 7.37. The largest absolute Gasteiger partial charge is 0.481 e. The first-order valence-electron chi connectivity index (χ1n) is 7.71. The molecule has 2 rings (SSSR count). The van der Waals surface area contributed by atoms with Gasteiger partial charge in [-0.3, -0.25) is 9.59 Å². The zero-order valence-corrected chi connectivity index (χ0v) is 12.5. The molecule has 1 aliphatic rings. The molecule has 0 saturated heterocycles. The average Bonchev–Trinajstić information content (AvgIpc) is 3.29. The van der Waals surface area contributed by atoms with Crippen LogP contribution in [0.3, 0.4) is 0 Å². The Morgan fingerprint density at radius 1 is 1.29 bits per heavy atom. The molecule has 1 unspecified atom stereocenters. The smallest absolute Gasteiger partial charge is 0.305 e. The van der Waals surface area contributed by atoms with Crippen LogP contribution in [0.5, 0.6) is 0 Å². The van der Waals surface area contributed by atoms with Gasteiger partial charge in [-0.1, -0.05) is 25.5 Å². The molecule has 0 heterocycles. The van der Waals surface area contributed by atoms with Gasteiger partial charge in [-0.2, -0.15) is 0 Å². The molecule has 21 heavy (non-hydrogen) atoms. The van der Waals surface area contributed by atoms with E-state index in [4.69, 9.17) is 5.11 Å². The molecular formula is C17H23NO3. The summed E-state index contributed by atoms with van der Waals surface area (Å²) < 4.78 is 0. The van der Waals surface area contributed by atoms with Gasteiger partial charge in [-0.25, -0.2) is 0 Å². The Balaban J connectivity index is 1.93. The molecule has 1 atom stereocenters. The lowest BCUT2D eigenvalue weighted by molar-refractivity contribution is -0.137. The van der Waals surface area contributed by atoms with Crippen molar-refractivity contribution in [1.82, 2.24) is 5.32 Å². The monoisotopic (exact) mass is 289 g/mol. The van der Waals surface area contributed by atoms with E-state index >= 15 is 0 Å². The van der Waals surface area contributed by atoms with Crippen LogP contribution in [0.25, 0.3) is 0 Å². The SMILES string of the molecule is CCCCc1ccc(C(=O)NC(CC(=O)O)C2CC2)cc1. The summed E-state index contributed by atoms with van der Waals surface area (Å²) >= 11 is 0. The van der Waals surface area contributed by atoms with E-state index in [1.54, 1.807) is 0 Å². The summed E-state index contributed by atoms with van der Waals surface area (Å²) in [5, 5.41) is 11.8. The van der Waals surface area contributed by atoms with Crippen molar-refractivity contribution >= 4 is 11.9 Å². The minimum absolute atomic E-state index is 0.00495. The van der Waals surface area contributed by atoms with Crippen LogP contribution in [0, 0.1) is 5.92 Å². The Labute approximate surface area is 125 Å². The quantitative estimate of drug-likeness (QED) is 0.773. The Hall–Kier alpha value is -1.84. The van der Waals surface area contributed by atoms with Crippen LogP contribution in [0.15, 0.2) is 24.3 Å². The predicted molar refractivity (Wildman–Crippen MR) is 81.3 cm³/mol. The van der Waals surface area contributed by atoms with E-state index in [0.29, 0.717) is 11.5 Å². The van der Waals surface area contributed by atoms with Gasteiger partial charge >= 0.3 is 5.97 Å². The van der Waals surface area contributed by atoms with Crippen LogP contribution in [-0.4, -0.2) is 23.0 Å². The number of carboxylic acids is 1. The van der Waals surface area contributed by atoms with Gasteiger partial charge in [0.15, 0.2) is 0 Å². The number of rotatable bonds is 8. The van der Waals surface area contributed by atoms with Gasteiger partial charge in [0.25, 0.3) is 5.91 Å². The third-order valence-corrected chi connectivity index (χ3v) is 3.94. The number of carbonyl (C=O) groups is 2. The highest BCUT2D eigenvalue weighted by Gasteiger charge is 2.33. The maximum absolute atomic E-state index is 12.2. The molecule has 1 aromatic carbocycles. The lowest BCUT2D eigenvalue weighted by Gasteiger charge is -2.16. The molecule has 1 aliphatic carbocycles. The number of hydrogen-bond acceptors (Lipinski definition) is 2. The fourth-order valence-corrected chi connectivity index (χ4v) is 2.48. The number of hydrogen-bond donors (Lipinski definition) is 2. The molecule has 0 aromatic heterocycles. The highest BCUT2D eigenvalue weighted by Crippen LogP contribution is 2.34. The fourth-order valence-electron chi connectivity index (χ4n) is 2.48. The van der Waals surface area contributed by atoms with Gasteiger partial charge in [-0.05, 0) is 49.3 Å². The lowest BCUT2D eigenvalue weighted by atomic mass is 10.0. The third-order valence-electron chi connectivity index (χ3n) is 3.94. The van der Waals surface area contributed by atoms with Gasteiger partial charge in [-0.15, -0.1) is 0 Å². The summed E-state index contributed by atoms with van der Waals surface area (Å²) in [7, 11) is 0. The first-order chi connectivity index (χ1) is 10.1. The van der Waals surface area contributed by atoms with Crippen molar-refractivity contribution in [1.29, 1.82) is 0 Å². The first-order valence-corrected chi connectivity index (χ1v) is 7.71. The molecule has 4 nitrogen and oxygen atoms in total. The number of benzene rings is 1. The van der Waals surface area contributed by atoms with E-state index in [1.165, 1.54) is 5.56 Å². The van der Waals surface area contributed by atoms with E-state index in [-0.39, 0.29) is 18.4 Å². The topological polar surface area (TPSA) is 66.4 Å². The first kappa shape index (κ1) is 15.5. The molecular weight excluding hydrogens is 266 g/mol. The lowest BCUT2D eigenvalue weighted by Crippen LogP contribution is -2.38. The summed E-state index contributed by atoms with van der Waals surface area (Å²) in [5.74, 6) is -0.703. The molecule has 0 radical (unpaired) electrons. The van der Waals surface area contributed by atoms with Crippen LogP contribution in [-0.2, 0) is 11.2 Å². The Bertz CT molecular complexity index is 491. The summed E-state index contributed by atoms with van der Waals surface area (Å²) in [5.41, 5.74) is 1.84. The molecule has 4 heteroatoms. The highest BCUT2D eigenvalue weighted by atomic mass is 16.4. The van der Waals surface area contributed by atoms with Crippen molar-refractivity contribution < 1.29 is 14.7 Å². The predicted octanol–water partition coefficient (Wildman–Crippen LogP) is 3.01. The number of nitrogens with one attached hydrogen (secondary N) is 1. The number of carbonyl (C=O) groups excluding carboxylic acids is 1. The molecule has 114 valence electrons. The summed E-state index contributed by atoms with van der Waals surface area (Å²) in [6.45, 7) is 2.16. The molecule has 2 N–H and O–H groups in total. The van der Waals surface area contributed by atoms with Gasteiger partial charge in [0.1, 0.15) is 0 Å². The molecule has 1 saturated carbocycles. The molecule has 0 aliphatic heterocycles. The van der Waals surface area contributed by atoms with E-state index in [2.05, 4.69) is 12.2 Å². The summed E-state index contributed by atoms with van der Waals surface area (Å²) in [4.78, 5) is 23.0. The maximum Gasteiger partial charge on any atom is 0.305 e. The molecule has 1 fully saturated rings. The van der Waals surface area contributed by atoms with Crippen LogP contribution < -0.4 is 5.32 Å². The van der Waals surface area contributed by atoms with Crippen LogP contribution in [0.1, 0.15) is 54.9 Å². The standard InChI is InChI=1S/C17H23NO3/c1-2-3-4-12-5-7-14(8-6-12)17(21)18-15(11-16(19)20)13-9-10-13/h5-8,13,15H,2-4,9-11H2,1H3,(H,18,21)(H,19,20). The second-order valence-electron chi connectivity index (χ2n) is 5.82. The van der Waals surface area contributed by atoms with Crippen LogP contribution >= 0.6 is 0 Å². The van der Waals surface area contributed by atoms with Crippen molar-refractivity contribution in [2.45, 2.75) is 51.5 Å².